The highest BCUT2D eigenvalue weighted by molar-refractivity contribution is 9.10. The lowest BCUT2D eigenvalue weighted by molar-refractivity contribution is 0.556. The Morgan fingerprint density at radius 3 is 2.72 bits per heavy atom. The molecular weight excluding hydrogens is 347 g/mol. The molecule has 1 aromatic rings. The van der Waals surface area contributed by atoms with Crippen LogP contribution in [0.5, 0.6) is 0 Å². The third-order valence-corrected chi connectivity index (χ3v) is 5.11. The summed E-state index contributed by atoms with van der Waals surface area (Å²) in [5, 5.41) is 0.0461. The van der Waals surface area contributed by atoms with Gasteiger partial charge in [0.25, 0.3) is 0 Å². The van der Waals surface area contributed by atoms with Crippen molar-refractivity contribution in [2.45, 2.75) is 24.7 Å². The number of hydrogen-bond acceptors (Lipinski definition) is 3. The first-order valence-corrected chi connectivity index (χ1v) is 7.89. The highest BCUT2D eigenvalue weighted by atomic mass is 79.9. The second-order valence-corrected chi connectivity index (χ2v) is 6.59. The van der Waals surface area contributed by atoms with Crippen LogP contribution in [0.25, 0.3) is 0 Å². The van der Waals surface area contributed by atoms with E-state index in [0.29, 0.717) is 6.42 Å². The van der Waals surface area contributed by atoms with E-state index in [-0.39, 0.29) is 21.7 Å². The maximum Gasteiger partial charge on any atom is 0.243 e. The zero-order chi connectivity index (χ0) is 13.9. The summed E-state index contributed by atoms with van der Waals surface area (Å²) >= 11 is 8.76. The molecule has 0 heterocycles. The van der Waals surface area contributed by atoms with Crippen LogP contribution in [-0.2, 0) is 10.0 Å². The van der Waals surface area contributed by atoms with Crippen LogP contribution < -0.4 is 10.5 Å². The Balaban J connectivity index is 3.17. The number of halogens is 3. The summed E-state index contributed by atoms with van der Waals surface area (Å²) in [6.07, 6.45) is 1.49. The lowest BCUT2D eigenvalue weighted by Gasteiger charge is -2.10. The third kappa shape index (κ3) is 3.34. The van der Waals surface area contributed by atoms with Gasteiger partial charge in [-0.15, -0.1) is 0 Å². The average molecular weight is 360 g/mol. The Labute approximate surface area is 119 Å². The van der Waals surface area contributed by atoms with Gasteiger partial charge in [-0.1, -0.05) is 24.9 Å². The average Bonchev–Trinajstić information content (AvgIpc) is 2.31. The van der Waals surface area contributed by atoms with Gasteiger partial charge in [0.2, 0.25) is 10.0 Å². The van der Waals surface area contributed by atoms with E-state index < -0.39 is 20.7 Å². The summed E-state index contributed by atoms with van der Waals surface area (Å²) in [5.74, 6) is -1.00. The van der Waals surface area contributed by atoms with Crippen LogP contribution in [-0.4, -0.2) is 15.0 Å². The van der Waals surface area contributed by atoms with Crippen molar-refractivity contribution < 1.29 is 12.8 Å². The van der Waals surface area contributed by atoms with Crippen LogP contribution in [0, 0.1) is 5.82 Å². The standard InChI is InChI=1S/C10H13BrClFN2O2S/c1-2-3-4-15-18(16,17)7-5-6(12)8(11)10(14)9(7)13/h5,15H,2-4,14H2,1H3. The Morgan fingerprint density at radius 2 is 2.17 bits per heavy atom. The Hall–Kier alpha value is -0.370. The highest BCUT2D eigenvalue weighted by Gasteiger charge is 2.23. The summed E-state index contributed by atoms with van der Waals surface area (Å²) in [4.78, 5) is -0.538. The maximum absolute atomic E-state index is 13.8. The van der Waals surface area contributed by atoms with Crippen molar-refractivity contribution in [3.63, 3.8) is 0 Å². The number of rotatable bonds is 5. The van der Waals surface area contributed by atoms with Crippen molar-refractivity contribution in [2.24, 2.45) is 0 Å². The molecule has 1 rings (SSSR count). The molecule has 0 unspecified atom stereocenters. The van der Waals surface area contributed by atoms with Crippen LogP contribution in [0.4, 0.5) is 10.1 Å². The molecule has 1 aromatic carbocycles. The van der Waals surface area contributed by atoms with Crippen molar-refractivity contribution in [3.8, 4) is 0 Å². The molecule has 0 amide bonds. The Kier molecular flexibility index (Phi) is 5.39. The molecule has 18 heavy (non-hydrogen) atoms. The minimum Gasteiger partial charge on any atom is -0.395 e. The molecule has 0 radical (unpaired) electrons. The van der Waals surface area contributed by atoms with E-state index in [4.69, 9.17) is 17.3 Å². The van der Waals surface area contributed by atoms with Crippen LogP contribution in [0.15, 0.2) is 15.4 Å². The fourth-order valence-corrected chi connectivity index (χ4v) is 3.01. The van der Waals surface area contributed by atoms with Crippen LogP contribution in [0.1, 0.15) is 19.8 Å². The van der Waals surface area contributed by atoms with E-state index in [1.807, 2.05) is 6.92 Å². The number of benzene rings is 1. The van der Waals surface area contributed by atoms with Crippen LogP contribution >= 0.6 is 27.5 Å². The van der Waals surface area contributed by atoms with Gasteiger partial charge in [-0.3, -0.25) is 0 Å². The van der Waals surface area contributed by atoms with Crippen molar-refractivity contribution in [1.82, 2.24) is 4.72 Å². The van der Waals surface area contributed by atoms with E-state index >= 15 is 0 Å². The summed E-state index contributed by atoms with van der Waals surface area (Å²) < 4.78 is 40.0. The second-order valence-electron chi connectivity index (χ2n) is 3.65. The summed E-state index contributed by atoms with van der Waals surface area (Å²) in [6, 6.07) is 1.03. The number of sulfonamides is 1. The van der Waals surface area contributed by atoms with E-state index in [0.717, 1.165) is 12.5 Å². The maximum atomic E-state index is 13.8. The smallest absolute Gasteiger partial charge is 0.243 e. The van der Waals surface area contributed by atoms with Crippen LogP contribution in [0.3, 0.4) is 0 Å². The summed E-state index contributed by atoms with van der Waals surface area (Å²) in [7, 11) is -3.94. The summed E-state index contributed by atoms with van der Waals surface area (Å²) in [5.41, 5.74) is 5.12. The third-order valence-electron chi connectivity index (χ3n) is 2.27. The first-order valence-electron chi connectivity index (χ1n) is 5.24. The van der Waals surface area contributed by atoms with Gasteiger partial charge >= 0.3 is 0 Å². The molecule has 0 aliphatic heterocycles. The normalized spacial score (nSPS) is 11.8. The van der Waals surface area contributed by atoms with E-state index in [1.165, 1.54) is 0 Å². The molecule has 0 spiro atoms. The first-order chi connectivity index (χ1) is 8.31. The zero-order valence-corrected chi connectivity index (χ0v) is 12.8. The van der Waals surface area contributed by atoms with Gasteiger partial charge in [0.05, 0.1) is 15.2 Å². The minimum atomic E-state index is -3.94. The van der Waals surface area contributed by atoms with Crippen LogP contribution in [0.2, 0.25) is 5.02 Å². The lowest BCUT2D eigenvalue weighted by atomic mass is 10.3. The van der Waals surface area contributed by atoms with E-state index in [1.54, 1.807) is 0 Å². The molecule has 0 aliphatic rings. The predicted molar refractivity (Wildman–Crippen MR) is 73.6 cm³/mol. The fraction of sp³-hybridized carbons (Fsp3) is 0.400. The first kappa shape index (κ1) is 15.7. The van der Waals surface area contributed by atoms with Gasteiger partial charge in [-0.05, 0) is 28.4 Å². The number of hydrogen-bond donors (Lipinski definition) is 2. The lowest BCUT2D eigenvalue weighted by Crippen LogP contribution is -2.26. The second kappa shape index (κ2) is 6.18. The molecule has 0 saturated carbocycles. The molecule has 4 nitrogen and oxygen atoms in total. The fourth-order valence-electron chi connectivity index (χ4n) is 1.26. The quantitative estimate of drug-likeness (QED) is 0.482. The SMILES string of the molecule is CCCCNS(=O)(=O)c1cc(Cl)c(Br)c(N)c1F. The summed E-state index contributed by atoms with van der Waals surface area (Å²) in [6.45, 7) is 2.16. The molecule has 102 valence electrons. The van der Waals surface area contributed by atoms with Gasteiger partial charge in [-0.2, -0.15) is 0 Å². The van der Waals surface area contributed by atoms with Crippen molar-refractivity contribution in [1.29, 1.82) is 0 Å². The molecular formula is C10H13BrClFN2O2S. The minimum absolute atomic E-state index is 0.0461. The molecule has 3 N–H and O–H groups in total. The number of nitrogens with two attached hydrogens (primary N) is 1. The number of unbranched alkanes of at least 4 members (excludes halogenated alkanes) is 1. The molecule has 0 aliphatic carbocycles. The topological polar surface area (TPSA) is 72.2 Å². The van der Waals surface area contributed by atoms with Gasteiger partial charge in [0.1, 0.15) is 4.90 Å². The molecule has 0 atom stereocenters. The highest BCUT2D eigenvalue weighted by Crippen LogP contribution is 2.34. The predicted octanol–water partition coefficient (Wildman–Crippen LogP) is 2.90. The molecule has 8 heteroatoms. The molecule has 0 saturated heterocycles. The van der Waals surface area contributed by atoms with Gasteiger partial charge in [0, 0.05) is 6.54 Å². The Bertz CT molecular complexity index is 551. The van der Waals surface area contributed by atoms with Crippen molar-refractivity contribution >= 4 is 43.2 Å². The zero-order valence-electron chi connectivity index (χ0n) is 9.63. The number of nitrogen functional groups attached to an aromatic ring is 1. The monoisotopic (exact) mass is 358 g/mol. The largest absolute Gasteiger partial charge is 0.395 e. The van der Waals surface area contributed by atoms with Crippen molar-refractivity contribution in [2.75, 3.05) is 12.3 Å². The Morgan fingerprint density at radius 1 is 1.56 bits per heavy atom. The van der Waals surface area contributed by atoms with Gasteiger partial charge in [0.15, 0.2) is 5.82 Å². The van der Waals surface area contributed by atoms with Crippen molar-refractivity contribution in [3.05, 3.63) is 21.4 Å². The molecule has 0 bridgehead atoms. The molecule has 0 fully saturated rings. The van der Waals surface area contributed by atoms with Gasteiger partial charge < -0.3 is 5.73 Å². The van der Waals surface area contributed by atoms with E-state index in [2.05, 4.69) is 20.7 Å². The van der Waals surface area contributed by atoms with Gasteiger partial charge in [-0.25, -0.2) is 17.5 Å². The molecule has 0 aromatic heterocycles. The number of anilines is 1. The number of nitrogens with one attached hydrogen (secondary N) is 1. The van der Waals surface area contributed by atoms with E-state index in [9.17, 15) is 12.8 Å².